The van der Waals surface area contributed by atoms with Gasteiger partial charge in [-0.2, -0.15) is 10.1 Å². The second-order valence-corrected chi connectivity index (χ2v) is 9.64. The van der Waals surface area contributed by atoms with Crippen LogP contribution in [0.5, 0.6) is 0 Å². The molecule has 0 saturated carbocycles. The second kappa shape index (κ2) is 10.5. The highest BCUT2D eigenvalue weighted by Crippen LogP contribution is 2.24. The highest BCUT2D eigenvalue weighted by molar-refractivity contribution is 5.76. The zero-order valence-corrected chi connectivity index (χ0v) is 21.0. The number of aromatic nitrogens is 4. The summed E-state index contributed by atoms with van der Waals surface area (Å²) in [5.41, 5.74) is 4.39. The van der Waals surface area contributed by atoms with Crippen LogP contribution >= 0.6 is 0 Å². The van der Waals surface area contributed by atoms with E-state index in [2.05, 4.69) is 52.5 Å². The number of aryl methyl sites for hydroxylation is 1. The molecule has 8 heteroatoms. The molecule has 1 unspecified atom stereocenters. The number of carbonyl (C=O) groups is 1. The maximum Gasteiger partial charge on any atom is 0.244 e. The molecule has 0 bridgehead atoms. The highest BCUT2D eigenvalue weighted by atomic mass is 16.5. The first-order chi connectivity index (χ1) is 16.3. The Morgan fingerprint density at radius 1 is 1.06 bits per heavy atom. The Morgan fingerprint density at radius 2 is 1.76 bits per heavy atom. The molecule has 0 aliphatic carbocycles. The first kappa shape index (κ1) is 24.1. The maximum atomic E-state index is 12.9. The summed E-state index contributed by atoms with van der Waals surface area (Å²) >= 11 is 0. The van der Waals surface area contributed by atoms with Crippen LogP contribution in [0.15, 0.2) is 34.9 Å². The Morgan fingerprint density at radius 3 is 2.44 bits per heavy atom. The predicted molar refractivity (Wildman–Crippen MR) is 131 cm³/mol. The van der Waals surface area contributed by atoms with Crippen molar-refractivity contribution >= 4 is 5.91 Å². The molecule has 1 amide bonds. The van der Waals surface area contributed by atoms with E-state index in [0.717, 1.165) is 37.3 Å². The van der Waals surface area contributed by atoms with E-state index in [1.807, 2.05) is 42.2 Å². The molecule has 1 aliphatic rings. The monoisotopic (exact) mass is 464 g/mol. The molecule has 0 N–H and O–H groups in total. The van der Waals surface area contributed by atoms with Gasteiger partial charge in [0.05, 0.1) is 11.7 Å². The van der Waals surface area contributed by atoms with Crippen LogP contribution in [0.4, 0.5) is 0 Å². The van der Waals surface area contributed by atoms with Gasteiger partial charge in [-0.05, 0) is 38.7 Å². The average Bonchev–Trinajstić information content (AvgIpc) is 3.43. The molecule has 3 aromatic rings. The lowest BCUT2D eigenvalue weighted by Gasteiger charge is -2.36. The third-order valence-corrected chi connectivity index (χ3v) is 6.70. The van der Waals surface area contributed by atoms with Crippen molar-refractivity contribution in [2.24, 2.45) is 5.92 Å². The summed E-state index contributed by atoms with van der Waals surface area (Å²) in [6.45, 7) is 14.6. The molecule has 1 aliphatic heterocycles. The summed E-state index contributed by atoms with van der Waals surface area (Å²) in [5, 5.41) is 8.83. The summed E-state index contributed by atoms with van der Waals surface area (Å²) in [6, 6.07) is 9.86. The van der Waals surface area contributed by atoms with E-state index in [1.54, 1.807) is 0 Å². The van der Waals surface area contributed by atoms with Gasteiger partial charge in [-0.25, -0.2) is 0 Å². The fourth-order valence-electron chi connectivity index (χ4n) is 4.63. The third kappa shape index (κ3) is 5.38. The Balaban J connectivity index is 1.29. The van der Waals surface area contributed by atoms with Crippen molar-refractivity contribution in [1.82, 2.24) is 29.7 Å². The second-order valence-electron chi connectivity index (χ2n) is 9.64. The lowest BCUT2D eigenvalue weighted by atomic mass is 10.1. The summed E-state index contributed by atoms with van der Waals surface area (Å²) in [4.78, 5) is 21.8. The molecule has 1 aromatic carbocycles. The fraction of sp³-hybridized carbons (Fsp3) is 0.538. The van der Waals surface area contributed by atoms with Gasteiger partial charge in [0.1, 0.15) is 0 Å². The van der Waals surface area contributed by atoms with Gasteiger partial charge < -0.3 is 9.42 Å². The fourth-order valence-corrected chi connectivity index (χ4v) is 4.63. The highest BCUT2D eigenvalue weighted by Gasteiger charge is 2.28. The van der Waals surface area contributed by atoms with Crippen LogP contribution in [0, 0.1) is 19.8 Å². The van der Waals surface area contributed by atoms with Crippen molar-refractivity contribution < 1.29 is 9.32 Å². The lowest BCUT2D eigenvalue weighted by molar-refractivity contribution is -0.133. The molecule has 0 spiro atoms. The van der Waals surface area contributed by atoms with Gasteiger partial charge in [-0.3, -0.25) is 14.4 Å². The smallest absolute Gasteiger partial charge is 0.244 e. The molecule has 2 aromatic heterocycles. The van der Waals surface area contributed by atoms with Gasteiger partial charge in [0.25, 0.3) is 0 Å². The number of hydrogen-bond acceptors (Lipinski definition) is 6. The summed E-state index contributed by atoms with van der Waals surface area (Å²) in [7, 11) is 0. The van der Waals surface area contributed by atoms with Crippen LogP contribution in [0.25, 0.3) is 11.4 Å². The number of carbonyl (C=O) groups excluding carboxylic acids is 1. The molecule has 4 rings (SSSR count). The van der Waals surface area contributed by atoms with Crippen LogP contribution in [0.2, 0.25) is 0 Å². The number of nitrogens with zero attached hydrogens (tertiary/aromatic N) is 6. The van der Waals surface area contributed by atoms with Gasteiger partial charge in [0, 0.05) is 50.4 Å². The molecular formula is C26H36N6O2. The van der Waals surface area contributed by atoms with Crippen LogP contribution in [-0.2, 0) is 17.8 Å². The van der Waals surface area contributed by atoms with Crippen molar-refractivity contribution in [3.63, 3.8) is 0 Å². The minimum absolute atomic E-state index is 0.0132. The van der Waals surface area contributed by atoms with Gasteiger partial charge in [0.15, 0.2) is 0 Å². The number of benzene rings is 1. The first-order valence-corrected chi connectivity index (χ1v) is 12.3. The summed E-state index contributed by atoms with van der Waals surface area (Å²) in [5.74, 6) is 1.98. The maximum absolute atomic E-state index is 12.9. The standard InChI is InChI=1S/C26H36N6O2/c1-18(2)17-32-20(4)23(19(3)28-32)11-12-24(33)31-15-13-30(14-16-31)21(5)26-27-25(29-34-26)22-9-7-6-8-10-22/h6-10,18,21H,11-17H2,1-5H3. The average molecular weight is 465 g/mol. The van der Waals surface area contributed by atoms with Gasteiger partial charge in [0.2, 0.25) is 17.6 Å². The van der Waals surface area contributed by atoms with Crippen molar-refractivity contribution in [2.45, 2.75) is 60.0 Å². The largest absolute Gasteiger partial charge is 0.340 e. The van der Waals surface area contributed by atoms with E-state index < -0.39 is 0 Å². The molecule has 1 fully saturated rings. The minimum Gasteiger partial charge on any atom is -0.340 e. The number of rotatable bonds is 8. The predicted octanol–water partition coefficient (Wildman–Crippen LogP) is 4.04. The van der Waals surface area contributed by atoms with Crippen LogP contribution in [-0.4, -0.2) is 61.8 Å². The topological polar surface area (TPSA) is 80.3 Å². The SMILES string of the molecule is Cc1nn(CC(C)C)c(C)c1CCC(=O)N1CCN(C(C)c2nc(-c3ccccc3)no2)CC1. The zero-order valence-electron chi connectivity index (χ0n) is 21.0. The Labute approximate surface area is 201 Å². The quantitative estimate of drug-likeness (QED) is 0.500. The Bertz CT molecular complexity index is 1100. The van der Waals surface area contributed by atoms with E-state index in [9.17, 15) is 4.79 Å². The number of amides is 1. The lowest BCUT2D eigenvalue weighted by Crippen LogP contribution is -2.49. The van der Waals surface area contributed by atoms with E-state index in [4.69, 9.17) is 4.52 Å². The Kier molecular flexibility index (Phi) is 7.46. The molecule has 0 radical (unpaired) electrons. The van der Waals surface area contributed by atoms with Crippen molar-refractivity contribution in [3.8, 4) is 11.4 Å². The van der Waals surface area contributed by atoms with E-state index in [-0.39, 0.29) is 11.9 Å². The molecule has 1 atom stereocenters. The summed E-state index contributed by atoms with van der Waals surface area (Å²) < 4.78 is 7.64. The molecular weight excluding hydrogens is 428 g/mol. The molecule has 3 heterocycles. The van der Waals surface area contributed by atoms with E-state index in [1.165, 1.54) is 11.3 Å². The number of piperazine rings is 1. The van der Waals surface area contributed by atoms with E-state index >= 15 is 0 Å². The third-order valence-electron chi connectivity index (χ3n) is 6.70. The normalized spacial score (nSPS) is 15.8. The van der Waals surface area contributed by atoms with Crippen LogP contribution < -0.4 is 0 Å². The molecule has 8 nitrogen and oxygen atoms in total. The molecule has 34 heavy (non-hydrogen) atoms. The summed E-state index contributed by atoms with van der Waals surface area (Å²) in [6.07, 6.45) is 1.27. The van der Waals surface area contributed by atoms with Crippen LogP contribution in [0.3, 0.4) is 0 Å². The molecule has 1 saturated heterocycles. The molecule has 182 valence electrons. The minimum atomic E-state index is 0.0132. The number of hydrogen-bond donors (Lipinski definition) is 0. The zero-order chi connectivity index (χ0) is 24.2. The Hall–Kier alpha value is -3.00. The first-order valence-electron chi connectivity index (χ1n) is 12.3. The van der Waals surface area contributed by atoms with Crippen LogP contribution in [0.1, 0.15) is 56.1 Å². The van der Waals surface area contributed by atoms with Gasteiger partial charge in [-0.15, -0.1) is 0 Å². The van der Waals surface area contributed by atoms with Crippen molar-refractivity contribution in [3.05, 3.63) is 53.2 Å². The van der Waals surface area contributed by atoms with Crippen molar-refractivity contribution in [1.29, 1.82) is 0 Å². The van der Waals surface area contributed by atoms with Gasteiger partial charge >= 0.3 is 0 Å². The van der Waals surface area contributed by atoms with Crippen molar-refractivity contribution in [2.75, 3.05) is 26.2 Å². The van der Waals surface area contributed by atoms with Gasteiger partial charge in [-0.1, -0.05) is 49.3 Å². The van der Waals surface area contributed by atoms with E-state index in [0.29, 0.717) is 37.1 Å².